The fourth-order valence-corrected chi connectivity index (χ4v) is 1.84. The molecular formula is C14H20O3. The molecule has 1 fully saturated rings. The lowest BCUT2D eigenvalue weighted by atomic mass is 10.2. The molecule has 1 heterocycles. The van der Waals surface area contributed by atoms with Gasteiger partial charge in [0.2, 0.25) is 0 Å². The lowest BCUT2D eigenvalue weighted by Crippen LogP contribution is -2.24. The number of benzene rings is 1. The van der Waals surface area contributed by atoms with Gasteiger partial charge >= 0.3 is 0 Å². The first kappa shape index (κ1) is 12.6. The predicted molar refractivity (Wildman–Crippen MR) is 65.7 cm³/mol. The van der Waals surface area contributed by atoms with Crippen LogP contribution in [0.2, 0.25) is 0 Å². The summed E-state index contributed by atoms with van der Waals surface area (Å²) < 4.78 is 16.8. The molecule has 0 unspecified atom stereocenters. The summed E-state index contributed by atoms with van der Waals surface area (Å²) in [5.41, 5.74) is 2.46. The highest BCUT2D eigenvalue weighted by Crippen LogP contribution is 2.22. The molecule has 3 heteroatoms. The van der Waals surface area contributed by atoms with Crippen molar-refractivity contribution in [2.45, 2.75) is 39.3 Å². The van der Waals surface area contributed by atoms with Crippen LogP contribution in [0.3, 0.4) is 0 Å². The fraction of sp³-hybridized carbons (Fsp3) is 0.571. The van der Waals surface area contributed by atoms with E-state index in [0.29, 0.717) is 19.8 Å². The maximum Gasteiger partial charge on any atom is 0.163 e. The average molecular weight is 236 g/mol. The number of hydrogen-bond donors (Lipinski definition) is 0. The Hall–Kier alpha value is -0.900. The molecule has 1 saturated heterocycles. The van der Waals surface area contributed by atoms with Gasteiger partial charge in [0.05, 0.1) is 19.8 Å². The maximum absolute atomic E-state index is 5.66. The van der Waals surface area contributed by atoms with E-state index >= 15 is 0 Å². The van der Waals surface area contributed by atoms with Crippen LogP contribution in [0.1, 0.15) is 25.0 Å². The van der Waals surface area contributed by atoms with E-state index in [0.717, 1.165) is 0 Å². The van der Waals surface area contributed by atoms with Crippen molar-refractivity contribution in [2.24, 2.45) is 0 Å². The van der Waals surface area contributed by atoms with Gasteiger partial charge in [-0.15, -0.1) is 0 Å². The van der Waals surface area contributed by atoms with E-state index in [1.165, 1.54) is 11.1 Å². The van der Waals surface area contributed by atoms with Crippen LogP contribution in [0.4, 0.5) is 0 Å². The topological polar surface area (TPSA) is 27.7 Å². The minimum absolute atomic E-state index is 0.0513. The monoisotopic (exact) mass is 236 g/mol. The van der Waals surface area contributed by atoms with Crippen molar-refractivity contribution in [1.82, 2.24) is 0 Å². The Morgan fingerprint density at radius 1 is 1.29 bits per heavy atom. The van der Waals surface area contributed by atoms with Gasteiger partial charge in [0.1, 0.15) is 6.10 Å². The first-order valence-corrected chi connectivity index (χ1v) is 6.00. The van der Waals surface area contributed by atoms with E-state index in [1.807, 2.05) is 13.8 Å². The third-order valence-electron chi connectivity index (χ3n) is 2.76. The standard InChI is InChI=1S/C14H20O3/c1-11-4-6-12(7-5-11)8-15-9-13-10-16-14(2,3)17-13/h4-7,13H,8-10H2,1-3H3/t13-/m1/s1. The van der Waals surface area contributed by atoms with Crippen molar-refractivity contribution in [3.8, 4) is 0 Å². The highest BCUT2D eigenvalue weighted by molar-refractivity contribution is 5.20. The summed E-state index contributed by atoms with van der Waals surface area (Å²) in [4.78, 5) is 0. The van der Waals surface area contributed by atoms with Crippen LogP contribution in [0.25, 0.3) is 0 Å². The van der Waals surface area contributed by atoms with Gasteiger partial charge in [0.15, 0.2) is 5.79 Å². The molecule has 0 bridgehead atoms. The summed E-state index contributed by atoms with van der Waals surface area (Å²) in [6.07, 6.45) is 0.0513. The second-order valence-electron chi connectivity index (χ2n) is 4.95. The van der Waals surface area contributed by atoms with Crippen LogP contribution in [-0.4, -0.2) is 25.1 Å². The molecule has 0 radical (unpaired) electrons. The lowest BCUT2D eigenvalue weighted by Gasteiger charge is -2.17. The zero-order chi connectivity index (χ0) is 12.3. The summed E-state index contributed by atoms with van der Waals surface area (Å²) in [7, 11) is 0. The SMILES string of the molecule is Cc1ccc(COC[C@@H]2COC(C)(C)O2)cc1. The van der Waals surface area contributed by atoms with Crippen molar-refractivity contribution in [3.05, 3.63) is 35.4 Å². The Kier molecular flexibility index (Phi) is 3.82. The largest absolute Gasteiger partial charge is 0.374 e. The Morgan fingerprint density at radius 3 is 2.59 bits per heavy atom. The summed E-state index contributed by atoms with van der Waals surface area (Å²) in [6.45, 7) is 7.75. The van der Waals surface area contributed by atoms with Crippen LogP contribution in [0, 0.1) is 6.92 Å². The van der Waals surface area contributed by atoms with Gasteiger partial charge in [-0.1, -0.05) is 29.8 Å². The summed E-state index contributed by atoms with van der Waals surface area (Å²) >= 11 is 0. The van der Waals surface area contributed by atoms with Crippen molar-refractivity contribution in [1.29, 1.82) is 0 Å². The summed E-state index contributed by atoms with van der Waals surface area (Å²) in [6, 6.07) is 8.37. The molecule has 17 heavy (non-hydrogen) atoms. The molecule has 1 atom stereocenters. The minimum Gasteiger partial charge on any atom is -0.374 e. The molecule has 0 spiro atoms. The van der Waals surface area contributed by atoms with E-state index in [4.69, 9.17) is 14.2 Å². The van der Waals surface area contributed by atoms with E-state index in [1.54, 1.807) is 0 Å². The smallest absolute Gasteiger partial charge is 0.163 e. The van der Waals surface area contributed by atoms with Gasteiger partial charge in [-0.05, 0) is 26.3 Å². The van der Waals surface area contributed by atoms with Gasteiger partial charge in [-0.3, -0.25) is 0 Å². The van der Waals surface area contributed by atoms with Crippen LogP contribution >= 0.6 is 0 Å². The molecule has 0 aliphatic carbocycles. The fourth-order valence-electron chi connectivity index (χ4n) is 1.84. The Balaban J connectivity index is 1.71. The van der Waals surface area contributed by atoms with Gasteiger partial charge in [-0.2, -0.15) is 0 Å². The van der Waals surface area contributed by atoms with Crippen LogP contribution in [0.15, 0.2) is 24.3 Å². The van der Waals surface area contributed by atoms with E-state index < -0.39 is 5.79 Å². The Morgan fingerprint density at radius 2 is 2.00 bits per heavy atom. The quantitative estimate of drug-likeness (QED) is 0.804. The number of hydrogen-bond acceptors (Lipinski definition) is 3. The highest BCUT2D eigenvalue weighted by Gasteiger charge is 2.32. The van der Waals surface area contributed by atoms with Gasteiger partial charge in [0, 0.05) is 0 Å². The van der Waals surface area contributed by atoms with E-state index in [2.05, 4.69) is 31.2 Å². The molecule has 1 aliphatic rings. The van der Waals surface area contributed by atoms with Crippen molar-refractivity contribution < 1.29 is 14.2 Å². The molecule has 1 aromatic rings. The molecule has 0 aromatic heterocycles. The number of ether oxygens (including phenoxy) is 3. The van der Waals surface area contributed by atoms with Crippen molar-refractivity contribution in [2.75, 3.05) is 13.2 Å². The second-order valence-corrected chi connectivity index (χ2v) is 4.95. The molecule has 1 aromatic carbocycles. The molecule has 0 N–H and O–H groups in total. The maximum atomic E-state index is 5.66. The molecule has 94 valence electrons. The third kappa shape index (κ3) is 3.80. The van der Waals surface area contributed by atoms with Crippen LogP contribution in [0.5, 0.6) is 0 Å². The first-order valence-electron chi connectivity index (χ1n) is 6.00. The average Bonchev–Trinajstić information content (AvgIpc) is 2.61. The van der Waals surface area contributed by atoms with Crippen molar-refractivity contribution in [3.63, 3.8) is 0 Å². The second kappa shape index (κ2) is 5.17. The zero-order valence-corrected chi connectivity index (χ0v) is 10.7. The Labute approximate surface area is 103 Å². The molecule has 0 saturated carbocycles. The molecule has 3 nitrogen and oxygen atoms in total. The number of rotatable bonds is 4. The number of aryl methyl sites for hydroxylation is 1. The van der Waals surface area contributed by atoms with Gasteiger partial charge in [-0.25, -0.2) is 0 Å². The van der Waals surface area contributed by atoms with Gasteiger partial charge < -0.3 is 14.2 Å². The van der Waals surface area contributed by atoms with Gasteiger partial charge in [0.25, 0.3) is 0 Å². The summed E-state index contributed by atoms with van der Waals surface area (Å²) in [5, 5.41) is 0. The molecular weight excluding hydrogens is 216 g/mol. The van der Waals surface area contributed by atoms with Crippen LogP contribution < -0.4 is 0 Å². The minimum atomic E-state index is -0.460. The van der Waals surface area contributed by atoms with E-state index in [-0.39, 0.29) is 6.10 Å². The first-order chi connectivity index (χ1) is 8.05. The van der Waals surface area contributed by atoms with Crippen molar-refractivity contribution >= 4 is 0 Å². The highest BCUT2D eigenvalue weighted by atomic mass is 16.7. The van der Waals surface area contributed by atoms with E-state index in [9.17, 15) is 0 Å². The normalized spacial score (nSPS) is 22.9. The molecule has 1 aliphatic heterocycles. The van der Waals surface area contributed by atoms with Crippen LogP contribution in [-0.2, 0) is 20.8 Å². The third-order valence-corrected chi connectivity index (χ3v) is 2.76. The lowest BCUT2D eigenvalue weighted by molar-refractivity contribution is -0.145. The summed E-state index contributed by atoms with van der Waals surface area (Å²) in [5.74, 6) is -0.460. The molecule has 0 amide bonds. The predicted octanol–water partition coefficient (Wildman–Crippen LogP) is 2.66. The zero-order valence-electron chi connectivity index (χ0n) is 10.7. The molecule has 2 rings (SSSR count). The Bertz CT molecular complexity index is 356.